The zero-order valence-electron chi connectivity index (χ0n) is 20.8. The normalized spacial score (nSPS) is 20.2. The molecule has 0 spiro atoms. The van der Waals surface area contributed by atoms with Gasteiger partial charge in [0.1, 0.15) is 11.5 Å². The van der Waals surface area contributed by atoms with Gasteiger partial charge in [0.25, 0.3) is 5.91 Å². The fourth-order valence-corrected chi connectivity index (χ4v) is 6.38. The first-order chi connectivity index (χ1) is 17.8. The van der Waals surface area contributed by atoms with E-state index in [2.05, 4.69) is 16.4 Å². The molecule has 1 saturated carbocycles. The number of nitrogens with zero attached hydrogens (tertiary/aromatic N) is 3. The lowest BCUT2D eigenvalue weighted by molar-refractivity contribution is 0.0699. The Morgan fingerprint density at radius 2 is 2.03 bits per heavy atom. The SMILES string of the molecule is Cc1cccc(-c2sc(C)nc2C(=O)N2C[C@@H]3C[C@@H]3[C@H]2CNC(=O)Oc2cc3cc(F)ccc3n2C)c1. The summed E-state index contributed by atoms with van der Waals surface area (Å²) in [7, 11) is 1.76. The Balaban J connectivity index is 1.17. The summed E-state index contributed by atoms with van der Waals surface area (Å²) in [6.45, 7) is 4.92. The van der Waals surface area contributed by atoms with Crippen LogP contribution in [0.1, 0.15) is 27.5 Å². The summed E-state index contributed by atoms with van der Waals surface area (Å²) >= 11 is 1.53. The van der Waals surface area contributed by atoms with Crippen LogP contribution in [0.25, 0.3) is 21.3 Å². The van der Waals surface area contributed by atoms with Crippen molar-refractivity contribution in [3.63, 3.8) is 0 Å². The molecular formula is C28H27FN4O3S. The molecule has 9 heteroatoms. The number of rotatable bonds is 5. The van der Waals surface area contributed by atoms with Gasteiger partial charge in [-0.2, -0.15) is 0 Å². The topological polar surface area (TPSA) is 76.5 Å². The predicted octanol–water partition coefficient (Wildman–Crippen LogP) is 5.31. The summed E-state index contributed by atoms with van der Waals surface area (Å²) in [6.07, 6.45) is 0.452. The number of ether oxygens (including phenoxy) is 1. The number of halogens is 1. The van der Waals surface area contributed by atoms with E-state index in [4.69, 9.17) is 4.74 Å². The van der Waals surface area contributed by atoms with E-state index >= 15 is 0 Å². The standard InChI is InChI=1S/C28H27FN4O3S/c1-15-5-4-6-17(9-15)26-25(31-16(2)37-26)27(34)33-14-19-11-21(19)23(33)13-30-28(35)36-24-12-18-10-20(29)7-8-22(18)32(24)3/h4-10,12,19,21,23H,11,13-14H2,1-3H3,(H,30,35)/t19-,21-,23+/m0/s1. The highest BCUT2D eigenvalue weighted by Crippen LogP contribution is 2.50. The molecule has 0 radical (unpaired) electrons. The van der Waals surface area contributed by atoms with Gasteiger partial charge < -0.3 is 19.5 Å². The van der Waals surface area contributed by atoms with Crippen molar-refractivity contribution in [3.05, 3.63) is 70.6 Å². The number of fused-ring (bicyclic) bond motifs is 2. The first kappa shape index (κ1) is 23.7. The zero-order chi connectivity index (χ0) is 25.8. The third-order valence-electron chi connectivity index (χ3n) is 7.39. The smallest absolute Gasteiger partial charge is 0.393 e. The van der Waals surface area contributed by atoms with E-state index in [0.29, 0.717) is 41.9 Å². The van der Waals surface area contributed by atoms with Crippen molar-refractivity contribution in [3.8, 4) is 16.3 Å². The second kappa shape index (κ2) is 8.99. The van der Waals surface area contributed by atoms with Crippen LogP contribution in [0.4, 0.5) is 9.18 Å². The van der Waals surface area contributed by atoms with Crippen molar-refractivity contribution < 1.29 is 18.7 Å². The Kier molecular flexibility index (Phi) is 5.75. The maximum Gasteiger partial charge on any atom is 0.413 e. The summed E-state index contributed by atoms with van der Waals surface area (Å²) in [5.41, 5.74) is 3.36. The van der Waals surface area contributed by atoms with Crippen molar-refractivity contribution in [2.45, 2.75) is 26.3 Å². The molecule has 1 aliphatic heterocycles. The number of aryl methyl sites for hydroxylation is 3. The van der Waals surface area contributed by atoms with Gasteiger partial charge in [-0.05, 0) is 55.9 Å². The first-order valence-corrected chi connectivity index (χ1v) is 13.2. The lowest BCUT2D eigenvalue weighted by atomic mass is 10.1. The Labute approximate surface area is 217 Å². The van der Waals surface area contributed by atoms with Crippen LogP contribution >= 0.6 is 11.3 Å². The predicted molar refractivity (Wildman–Crippen MR) is 140 cm³/mol. The van der Waals surface area contributed by atoms with Crippen molar-refractivity contribution in [2.75, 3.05) is 13.1 Å². The van der Waals surface area contributed by atoms with Crippen LogP contribution in [0, 0.1) is 31.5 Å². The Morgan fingerprint density at radius 3 is 2.84 bits per heavy atom. The van der Waals surface area contributed by atoms with E-state index in [1.54, 1.807) is 23.7 Å². The molecule has 1 N–H and O–H groups in total. The molecule has 4 aromatic rings. The number of thiazole rings is 1. The fraction of sp³-hybridized carbons (Fsp3) is 0.321. The summed E-state index contributed by atoms with van der Waals surface area (Å²) in [6, 6.07) is 14.1. The average molecular weight is 519 g/mol. The number of benzene rings is 2. The number of nitrogens with one attached hydrogen (secondary N) is 1. The van der Waals surface area contributed by atoms with Gasteiger partial charge in [0.05, 0.1) is 21.4 Å². The molecule has 0 unspecified atom stereocenters. The van der Waals surface area contributed by atoms with Gasteiger partial charge >= 0.3 is 6.09 Å². The molecule has 1 aliphatic carbocycles. The van der Waals surface area contributed by atoms with E-state index < -0.39 is 6.09 Å². The van der Waals surface area contributed by atoms with Crippen molar-refractivity contribution in [1.29, 1.82) is 0 Å². The fourth-order valence-electron chi connectivity index (χ4n) is 5.47. The minimum absolute atomic E-state index is 0.0936. The minimum atomic E-state index is -0.604. The van der Waals surface area contributed by atoms with Gasteiger partial charge in [-0.1, -0.05) is 29.8 Å². The number of piperidine rings is 1. The third-order valence-corrected chi connectivity index (χ3v) is 8.41. The molecule has 37 heavy (non-hydrogen) atoms. The Morgan fingerprint density at radius 1 is 1.19 bits per heavy atom. The molecule has 0 bridgehead atoms. The van der Waals surface area contributed by atoms with Gasteiger partial charge in [0.15, 0.2) is 0 Å². The lowest BCUT2D eigenvalue weighted by Crippen LogP contribution is -2.46. The van der Waals surface area contributed by atoms with Crippen molar-refractivity contribution >= 4 is 34.2 Å². The zero-order valence-corrected chi connectivity index (χ0v) is 21.6. The van der Waals surface area contributed by atoms with Crippen LogP contribution in [0.15, 0.2) is 48.5 Å². The minimum Gasteiger partial charge on any atom is -0.393 e. The number of likely N-dealkylation sites (tertiary alicyclic amines) is 1. The monoisotopic (exact) mass is 518 g/mol. The summed E-state index contributed by atoms with van der Waals surface area (Å²) < 4.78 is 20.8. The lowest BCUT2D eigenvalue weighted by Gasteiger charge is -2.27. The molecule has 190 valence electrons. The van der Waals surface area contributed by atoms with E-state index in [9.17, 15) is 14.0 Å². The highest BCUT2D eigenvalue weighted by Gasteiger charge is 2.54. The molecule has 2 fully saturated rings. The van der Waals surface area contributed by atoms with Crippen molar-refractivity contribution in [2.24, 2.45) is 18.9 Å². The van der Waals surface area contributed by atoms with Crippen LogP contribution in [0.3, 0.4) is 0 Å². The van der Waals surface area contributed by atoms with Gasteiger partial charge in [-0.15, -0.1) is 11.3 Å². The molecule has 2 aromatic heterocycles. The van der Waals surface area contributed by atoms with Gasteiger partial charge in [-0.3, -0.25) is 4.79 Å². The van der Waals surface area contributed by atoms with Gasteiger partial charge in [-0.25, -0.2) is 14.2 Å². The molecular weight excluding hydrogens is 491 g/mol. The van der Waals surface area contributed by atoms with E-state index in [1.165, 1.54) is 23.5 Å². The molecule has 2 aromatic carbocycles. The van der Waals surface area contributed by atoms with Crippen LogP contribution < -0.4 is 10.1 Å². The second-order valence-corrected chi connectivity index (χ2v) is 11.2. The number of hydrogen-bond donors (Lipinski definition) is 1. The van der Waals surface area contributed by atoms with Gasteiger partial charge in [0, 0.05) is 31.6 Å². The number of aromatic nitrogens is 2. The summed E-state index contributed by atoms with van der Waals surface area (Å²) in [5.74, 6) is 0.709. The van der Waals surface area contributed by atoms with Crippen molar-refractivity contribution in [1.82, 2.24) is 19.8 Å². The molecule has 2 amide bonds. The van der Waals surface area contributed by atoms with Crippen LogP contribution in [0.2, 0.25) is 0 Å². The molecule has 2 aliphatic rings. The molecule has 1 saturated heterocycles. The number of amides is 2. The maximum absolute atomic E-state index is 13.7. The maximum atomic E-state index is 13.7. The number of carbonyl (C=O) groups is 2. The van der Waals surface area contributed by atoms with E-state index in [1.807, 2.05) is 36.9 Å². The van der Waals surface area contributed by atoms with Gasteiger partial charge in [0.2, 0.25) is 5.88 Å². The summed E-state index contributed by atoms with van der Waals surface area (Å²) in [4.78, 5) is 33.7. The highest BCUT2D eigenvalue weighted by atomic mass is 32.1. The molecule has 6 rings (SSSR count). The summed E-state index contributed by atoms with van der Waals surface area (Å²) in [5, 5.41) is 4.35. The highest BCUT2D eigenvalue weighted by molar-refractivity contribution is 7.15. The van der Waals surface area contributed by atoms with Crippen LogP contribution in [0.5, 0.6) is 5.88 Å². The Bertz CT molecular complexity index is 1540. The average Bonchev–Trinajstić information content (AvgIpc) is 3.21. The largest absolute Gasteiger partial charge is 0.413 e. The van der Waals surface area contributed by atoms with Crippen LogP contribution in [-0.4, -0.2) is 45.6 Å². The molecule has 7 nitrogen and oxygen atoms in total. The van der Waals surface area contributed by atoms with E-state index in [0.717, 1.165) is 32.9 Å². The van der Waals surface area contributed by atoms with E-state index in [-0.39, 0.29) is 17.8 Å². The Hall–Kier alpha value is -3.72. The molecule has 3 heterocycles. The first-order valence-electron chi connectivity index (χ1n) is 12.3. The quantitative estimate of drug-likeness (QED) is 0.389. The van der Waals surface area contributed by atoms with Crippen LogP contribution in [-0.2, 0) is 7.05 Å². The second-order valence-electron chi connectivity index (χ2n) is 9.98. The third kappa shape index (κ3) is 4.37. The molecule has 3 atom stereocenters. The number of hydrogen-bond acceptors (Lipinski definition) is 5. The number of carbonyl (C=O) groups excluding carboxylic acids is 2.